The highest BCUT2D eigenvalue weighted by atomic mass is 32.2. The van der Waals surface area contributed by atoms with Crippen molar-refractivity contribution >= 4 is 10.2 Å². The van der Waals surface area contributed by atoms with Gasteiger partial charge in [0, 0.05) is 20.8 Å². The number of nitrogens with one attached hydrogen (secondary N) is 2. The molecule has 0 aromatic carbocycles. The van der Waals surface area contributed by atoms with Crippen molar-refractivity contribution < 1.29 is 17.9 Å². The summed E-state index contributed by atoms with van der Waals surface area (Å²) in [5, 5.41) is 0. The van der Waals surface area contributed by atoms with Gasteiger partial charge in [-0.2, -0.15) is 13.1 Å². The number of rotatable bonds is 8. The maximum atomic E-state index is 11.5. The molecule has 0 radical (unpaired) electrons. The van der Waals surface area contributed by atoms with Crippen LogP contribution >= 0.6 is 0 Å². The van der Waals surface area contributed by atoms with Gasteiger partial charge in [0.25, 0.3) is 10.2 Å². The Balaban J connectivity index is 4.24. The summed E-state index contributed by atoms with van der Waals surface area (Å²) in [5.41, 5.74) is 0. The Bertz CT molecular complexity index is 275. The van der Waals surface area contributed by atoms with Crippen LogP contribution in [0.15, 0.2) is 0 Å². The molecule has 0 fully saturated rings. The molecule has 0 heterocycles. The summed E-state index contributed by atoms with van der Waals surface area (Å²) < 4.78 is 37.9. The van der Waals surface area contributed by atoms with E-state index in [1.807, 2.05) is 13.8 Å². The molecule has 0 spiro atoms. The number of ether oxygens (including phenoxy) is 2. The van der Waals surface area contributed by atoms with Crippen molar-refractivity contribution in [2.24, 2.45) is 5.92 Å². The summed E-state index contributed by atoms with van der Waals surface area (Å²) in [4.78, 5) is 0. The normalized spacial score (nSPS) is 14.7. The van der Waals surface area contributed by atoms with Crippen molar-refractivity contribution in [1.29, 1.82) is 0 Å². The Morgan fingerprint density at radius 3 is 2.00 bits per heavy atom. The lowest BCUT2D eigenvalue weighted by Gasteiger charge is -2.22. The van der Waals surface area contributed by atoms with Crippen molar-refractivity contribution in [2.45, 2.75) is 33.1 Å². The predicted molar refractivity (Wildman–Crippen MR) is 62.2 cm³/mol. The highest BCUT2D eigenvalue weighted by molar-refractivity contribution is 7.87. The molecular weight excluding hydrogens is 232 g/mol. The topological polar surface area (TPSA) is 76.7 Å². The van der Waals surface area contributed by atoms with E-state index in [1.54, 1.807) is 6.92 Å². The number of methoxy groups -OCH3 is 2. The van der Waals surface area contributed by atoms with E-state index in [4.69, 9.17) is 9.47 Å². The molecular formula is C9H22N2O4S. The minimum Gasteiger partial charge on any atom is -0.354 e. The van der Waals surface area contributed by atoms with Gasteiger partial charge in [-0.25, -0.2) is 4.72 Å². The third-order valence-corrected chi connectivity index (χ3v) is 3.12. The lowest BCUT2D eigenvalue weighted by atomic mass is 10.2. The van der Waals surface area contributed by atoms with Crippen molar-refractivity contribution in [3.8, 4) is 0 Å². The fourth-order valence-corrected chi connectivity index (χ4v) is 2.36. The average molecular weight is 254 g/mol. The maximum Gasteiger partial charge on any atom is 0.277 e. The second kappa shape index (κ2) is 7.18. The van der Waals surface area contributed by atoms with Crippen LogP contribution in [-0.4, -0.2) is 41.5 Å². The molecule has 0 aliphatic heterocycles. The molecule has 0 aromatic heterocycles. The van der Waals surface area contributed by atoms with Gasteiger partial charge in [0.15, 0.2) is 6.29 Å². The molecule has 0 saturated heterocycles. The SMILES string of the molecule is COC(OC)C(C)NS(=O)(=O)NCC(C)C. The summed E-state index contributed by atoms with van der Waals surface area (Å²) >= 11 is 0. The fourth-order valence-electron chi connectivity index (χ4n) is 1.12. The van der Waals surface area contributed by atoms with Crippen LogP contribution < -0.4 is 9.44 Å². The van der Waals surface area contributed by atoms with Crippen molar-refractivity contribution in [3.63, 3.8) is 0 Å². The Morgan fingerprint density at radius 1 is 1.12 bits per heavy atom. The highest BCUT2D eigenvalue weighted by Crippen LogP contribution is 2.00. The van der Waals surface area contributed by atoms with Crippen molar-refractivity contribution in [1.82, 2.24) is 9.44 Å². The molecule has 6 nitrogen and oxygen atoms in total. The number of hydrogen-bond acceptors (Lipinski definition) is 4. The Morgan fingerprint density at radius 2 is 1.62 bits per heavy atom. The predicted octanol–water partition coefficient (Wildman–Crippen LogP) is 0.0738. The van der Waals surface area contributed by atoms with Crippen molar-refractivity contribution in [3.05, 3.63) is 0 Å². The van der Waals surface area contributed by atoms with E-state index in [-0.39, 0.29) is 5.92 Å². The molecule has 0 aliphatic rings. The van der Waals surface area contributed by atoms with Gasteiger partial charge >= 0.3 is 0 Å². The first-order valence-electron chi connectivity index (χ1n) is 5.15. The molecule has 7 heteroatoms. The molecule has 0 rings (SSSR count). The molecule has 0 amide bonds. The van der Waals surface area contributed by atoms with Gasteiger partial charge < -0.3 is 9.47 Å². The first-order chi connectivity index (χ1) is 7.32. The minimum atomic E-state index is -3.50. The van der Waals surface area contributed by atoms with E-state index in [9.17, 15) is 8.42 Å². The maximum absolute atomic E-state index is 11.5. The van der Waals surface area contributed by atoms with Gasteiger partial charge in [-0.05, 0) is 12.8 Å². The van der Waals surface area contributed by atoms with E-state index in [0.29, 0.717) is 6.54 Å². The second-order valence-corrected chi connectivity index (χ2v) is 5.52. The molecule has 1 atom stereocenters. The van der Waals surface area contributed by atoms with Gasteiger partial charge in [0.2, 0.25) is 0 Å². The zero-order chi connectivity index (χ0) is 12.8. The minimum absolute atomic E-state index is 0.257. The van der Waals surface area contributed by atoms with Crippen LogP contribution in [0.5, 0.6) is 0 Å². The highest BCUT2D eigenvalue weighted by Gasteiger charge is 2.21. The van der Waals surface area contributed by atoms with Crippen LogP contribution in [0.1, 0.15) is 20.8 Å². The zero-order valence-corrected chi connectivity index (χ0v) is 11.3. The monoisotopic (exact) mass is 254 g/mol. The van der Waals surface area contributed by atoms with Gasteiger partial charge in [-0.1, -0.05) is 13.8 Å². The van der Waals surface area contributed by atoms with Gasteiger partial charge in [-0.15, -0.1) is 0 Å². The third-order valence-electron chi connectivity index (χ3n) is 1.90. The lowest BCUT2D eigenvalue weighted by Crippen LogP contribution is -2.48. The molecule has 0 saturated carbocycles. The largest absolute Gasteiger partial charge is 0.354 e. The molecule has 16 heavy (non-hydrogen) atoms. The van der Waals surface area contributed by atoms with E-state index >= 15 is 0 Å². The molecule has 0 aliphatic carbocycles. The smallest absolute Gasteiger partial charge is 0.277 e. The molecule has 98 valence electrons. The van der Waals surface area contributed by atoms with Gasteiger partial charge in [0.05, 0.1) is 6.04 Å². The number of hydrogen-bond donors (Lipinski definition) is 2. The summed E-state index contributed by atoms with van der Waals surface area (Å²) in [6.07, 6.45) is -0.601. The van der Waals surface area contributed by atoms with Gasteiger partial charge in [-0.3, -0.25) is 0 Å². The molecule has 0 bridgehead atoms. The molecule has 1 unspecified atom stereocenters. The second-order valence-electron chi connectivity index (χ2n) is 3.99. The molecule has 2 N–H and O–H groups in total. The summed E-state index contributed by atoms with van der Waals surface area (Å²) in [6.45, 7) is 5.93. The van der Waals surface area contributed by atoms with Crippen LogP contribution in [0.3, 0.4) is 0 Å². The molecule has 0 aromatic rings. The first kappa shape index (κ1) is 15.8. The van der Waals surface area contributed by atoms with E-state index in [2.05, 4.69) is 9.44 Å². The van der Waals surface area contributed by atoms with Crippen LogP contribution in [0, 0.1) is 5.92 Å². The van der Waals surface area contributed by atoms with Crippen LogP contribution in [-0.2, 0) is 19.7 Å². The first-order valence-corrected chi connectivity index (χ1v) is 6.63. The fraction of sp³-hybridized carbons (Fsp3) is 1.00. The van der Waals surface area contributed by atoms with Crippen LogP contribution in [0.2, 0.25) is 0 Å². The van der Waals surface area contributed by atoms with E-state index in [1.165, 1.54) is 14.2 Å². The average Bonchev–Trinajstić information content (AvgIpc) is 2.16. The van der Waals surface area contributed by atoms with Crippen LogP contribution in [0.4, 0.5) is 0 Å². The lowest BCUT2D eigenvalue weighted by molar-refractivity contribution is -0.115. The quantitative estimate of drug-likeness (QED) is 0.601. The Hall–Kier alpha value is -0.210. The van der Waals surface area contributed by atoms with Gasteiger partial charge in [0.1, 0.15) is 0 Å². The Kier molecular flexibility index (Phi) is 7.09. The summed E-state index contributed by atoms with van der Waals surface area (Å²) in [6, 6.07) is -0.459. The summed E-state index contributed by atoms with van der Waals surface area (Å²) in [5.74, 6) is 0.257. The van der Waals surface area contributed by atoms with E-state index < -0.39 is 22.5 Å². The third kappa shape index (κ3) is 6.39. The van der Waals surface area contributed by atoms with Crippen molar-refractivity contribution in [2.75, 3.05) is 20.8 Å². The summed E-state index contributed by atoms with van der Waals surface area (Å²) in [7, 11) is -0.583. The Labute approximate surface area is 97.9 Å². The standard InChI is InChI=1S/C9H22N2O4S/c1-7(2)6-10-16(12,13)11-8(3)9(14-4)15-5/h7-11H,6H2,1-5H3. The van der Waals surface area contributed by atoms with Crippen LogP contribution in [0.25, 0.3) is 0 Å². The van der Waals surface area contributed by atoms with E-state index in [0.717, 1.165) is 0 Å². The zero-order valence-electron chi connectivity index (χ0n) is 10.5.